The first-order chi connectivity index (χ1) is 18.5. The molecule has 1 fully saturated rings. The average Bonchev–Trinajstić information content (AvgIpc) is 3.30. The summed E-state index contributed by atoms with van der Waals surface area (Å²) in [6.07, 6.45) is -0.273. The van der Waals surface area contributed by atoms with Crippen LogP contribution in [-0.2, 0) is 17.8 Å². The molecule has 3 N–H and O–H groups in total. The van der Waals surface area contributed by atoms with Crippen molar-refractivity contribution < 1.29 is 14.3 Å². The van der Waals surface area contributed by atoms with Crippen LogP contribution in [0.5, 0.6) is 0 Å². The topological polar surface area (TPSA) is 87.9 Å². The lowest BCUT2D eigenvalue weighted by atomic mass is 10.1. The van der Waals surface area contributed by atoms with Crippen LogP contribution in [0.2, 0.25) is 0 Å². The van der Waals surface area contributed by atoms with E-state index in [4.69, 9.17) is 10.5 Å². The first-order valence-corrected chi connectivity index (χ1v) is 12.9. The number of amides is 2. The minimum Gasteiger partial charge on any atom is -0.375 e. The van der Waals surface area contributed by atoms with Crippen molar-refractivity contribution in [2.45, 2.75) is 32.2 Å². The Hall–Kier alpha value is -4.20. The Morgan fingerprint density at radius 3 is 2.50 bits per heavy atom. The lowest BCUT2D eigenvalue weighted by Crippen LogP contribution is -2.56. The SMILES string of the molecule is CC1COCC2N(C(=O)c3ccc4ccccc4c3)c3cc(C(=O)NCc4cccc(CN)c4)ccc3N12. The Morgan fingerprint density at radius 1 is 0.868 bits per heavy atom. The van der Waals surface area contributed by atoms with Gasteiger partial charge in [0.1, 0.15) is 6.17 Å². The number of benzene rings is 4. The number of morpholine rings is 1. The highest BCUT2D eigenvalue weighted by Gasteiger charge is 2.44. The molecular formula is C31H30N4O3. The standard InChI is InChI=1S/C31H30N4O3/c1-20-18-38-19-29-34(20)27-12-11-25(30(36)33-17-22-6-4-5-21(13-22)16-32)15-28(27)35(29)31(37)26-10-9-23-7-2-3-8-24(23)14-26/h2-15,20,29H,16-19,32H2,1H3,(H,33,36). The number of nitrogens with zero attached hydrogens (tertiary/aromatic N) is 2. The van der Waals surface area contributed by atoms with Gasteiger partial charge in [-0.25, -0.2) is 0 Å². The Labute approximate surface area is 221 Å². The smallest absolute Gasteiger partial charge is 0.260 e. The number of hydrogen-bond acceptors (Lipinski definition) is 5. The molecule has 2 aliphatic rings. The van der Waals surface area contributed by atoms with Crippen LogP contribution in [0.1, 0.15) is 38.8 Å². The molecule has 0 radical (unpaired) electrons. The molecule has 4 aromatic rings. The van der Waals surface area contributed by atoms with Crippen LogP contribution in [-0.4, -0.2) is 37.2 Å². The van der Waals surface area contributed by atoms with Gasteiger partial charge in [0.15, 0.2) is 0 Å². The van der Waals surface area contributed by atoms with E-state index in [0.717, 1.165) is 33.3 Å². The van der Waals surface area contributed by atoms with Crippen LogP contribution in [0, 0.1) is 0 Å². The van der Waals surface area contributed by atoms with E-state index in [9.17, 15) is 9.59 Å². The van der Waals surface area contributed by atoms with Crippen LogP contribution in [0.3, 0.4) is 0 Å². The minimum absolute atomic E-state index is 0.0939. The summed E-state index contributed by atoms with van der Waals surface area (Å²) in [4.78, 5) is 31.2. The summed E-state index contributed by atoms with van der Waals surface area (Å²) in [5.41, 5.74) is 10.5. The number of nitrogens with two attached hydrogens (primary N) is 1. The van der Waals surface area contributed by atoms with E-state index in [0.29, 0.717) is 37.4 Å². The normalized spacial score (nSPS) is 18.3. The highest BCUT2D eigenvalue weighted by molar-refractivity contribution is 6.12. The van der Waals surface area contributed by atoms with Gasteiger partial charge in [0.2, 0.25) is 0 Å². The molecule has 0 aromatic heterocycles. The Kier molecular flexibility index (Phi) is 6.31. The molecule has 0 aliphatic carbocycles. The fourth-order valence-electron chi connectivity index (χ4n) is 5.49. The van der Waals surface area contributed by atoms with Crippen molar-refractivity contribution in [2.24, 2.45) is 5.73 Å². The summed E-state index contributed by atoms with van der Waals surface area (Å²) in [6.45, 7) is 3.92. The molecule has 2 unspecified atom stereocenters. The fraction of sp³-hybridized carbons (Fsp3) is 0.226. The molecule has 2 amide bonds. The Morgan fingerprint density at radius 2 is 1.66 bits per heavy atom. The summed E-state index contributed by atoms with van der Waals surface area (Å²) in [6, 6.07) is 27.3. The number of ether oxygens (including phenoxy) is 1. The Bertz CT molecular complexity index is 1530. The van der Waals surface area contributed by atoms with Gasteiger partial charge in [-0.05, 0) is 59.2 Å². The zero-order valence-electron chi connectivity index (χ0n) is 21.3. The van der Waals surface area contributed by atoms with Gasteiger partial charge in [-0.15, -0.1) is 0 Å². The van der Waals surface area contributed by atoms with Crippen molar-refractivity contribution in [1.82, 2.24) is 5.32 Å². The third-order valence-corrected chi connectivity index (χ3v) is 7.39. The summed E-state index contributed by atoms with van der Waals surface area (Å²) < 4.78 is 5.87. The maximum Gasteiger partial charge on any atom is 0.260 e. The van der Waals surface area contributed by atoms with Gasteiger partial charge >= 0.3 is 0 Å². The van der Waals surface area contributed by atoms with Crippen molar-refractivity contribution in [3.05, 3.63) is 107 Å². The molecule has 2 atom stereocenters. The van der Waals surface area contributed by atoms with E-state index < -0.39 is 0 Å². The quantitative estimate of drug-likeness (QED) is 0.418. The molecule has 7 heteroatoms. The number of rotatable bonds is 5. The lowest BCUT2D eigenvalue weighted by molar-refractivity contribution is 0.0679. The van der Waals surface area contributed by atoms with Gasteiger partial charge < -0.3 is 20.7 Å². The molecule has 2 heterocycles. The minimum atomic E-state index is -0.273. The van der Waals surface area contributed by atoms with E-state index in [2.05, 4.69) is 17.1 Å². The first kappa shape index (κ1) is 24.2. The number of carbonyl (C=O) groups is 2. The molecule has 1 saturated heterocycles. The van der Waals surface area contributed by atoms with Crippen LogP contribution in [0.15, 0.2) is 84.9 Å². The van der Waals surface area contributed by atoms with Crippen LogP contribution < -0.4 is 20.9 Å². The predicted octanol–water partition coefficient (Wildman–Crippen LogP) is 4.44. The highest BCUT2D eigenvalue weighted by atomic mass is 16.5. The van der Waals surface area contributed by atoms with Crippen molar-refractivity contribution in [1.29, 1.82) is 0 Å². The van der Waals surface area contributed by atoms with Crippen LogP contribution >= 0.6 is 0 Å². The third-order valence-electron chi connectivity index (χ3n) is 7.39. The lowest BCUT2D eigenvalue weighted by Gasteiger charge is -2.39. The van der Waals surface area contributed by atoms with Crippen molar-refractivity contribution in [2.75, 3.05) is 23.0 Å². The Balaban J connectivity index is 1.32. The first-order valence-electron chi connectivity index (χ1n) is 12.9. The van der Waals surface area contributed by atoms with E-state index in [1.807, 2.05) is 84.9 Å². The fourth-order valence-corrected chi connectivity index (χ4v) is 5.49. The number of anilines is 2. The van der Waals surface area contributed by atoms with Crippen LogP contribution in [0.4, 0.5) is 11.4 Å². The van der Waals surface area contributed by atoms with Crippen molar-refractivity contribution >= 4 is 34.0 Å². The molecular weight excluding hydrogens is 476 g/mol. The molecule has 7 nitrogen and oxygen atoms in total. The van der Waals surface area contributed by atoms with Gasteiger partial charge in [-0.2, -0.15) is 0 Å². The number of carbonyl (C=O) groups excluding carboxylic acids is 2. The molecule has 0 saturated carbocycles. The van der Waals surface area contributed by atoms with E-state index in [-0.39, 0.29) is 24.0 Å². The monoisotopic (exact) mass is 506 g/mol. The second-order valence-corrected chi connectivity index (χ2v) is 9.92. The molecule has 0 spiro atoms. The maximum atomic E-state index is 14.0. The molecule has 6 rings (SSSR count). The summed E-state index contributed by atoms with van der Waals surface area (Å²) in [5.74, 6) is -0.309. The van der Waals surface area contributed by atoms with E-state index in [1.54, 1.807) is 4.90 Å². The van der Waals surface area contributed by atoms with Gasteiger partial charge in [0, 0.05) is 24.2 Å². The molecule has 4 aromatic carbocycles. The summed E-state index contributed by atoms with van der Waals surface area (Å²) in [5, 5.41) is 5.09. The second kappa shape index (κ2) is 9.93. The zero-order valence-corrected chi connectivity index (χ0v) is 21.3. The molecule has 38 heavy (non-hydrogen) atoms. The summed E-state index contributed by atoms with van der Waals surface area (Å²) in [7, 11) is 0. The molecule has 0 bridgehead atoms. The maximum absolute atomic E-state index is 14.0. The van der Waals surface area contributed by atoms with Gasteiger partial charge in [0.25, 0.3) is 11.8 Å². The third kappa shape index (κ3) is 4.30. The largest absolute Gasteiger partial charge is 0.375 e. The number of nitrogens with one attached hydrogen (secondary N) is 1. The van der Waals surface area contributed by atoms with Gasteiger partial charge in [-0.3, -0.25) is 14.5 Å². The van der Waals surface area contributed by atoms with Crippen molar-refractivity contribution in [3.8, 4) is 0 Å². The van der Waals surface area contributed by atoms with E-state index >= 15 is 0 Å². The van der Waals surface area contributed by atoms with Crippen molar-refractivity contribution in [3.63, 3.8) is 0 Å². The highest BCUT2D eigenvalue weighted by Crippen LogP contribution is 2.44. The predicted molar refractivity (Wildman–Crippen MR) is 149 cm³/mol. The van der Waals surface area contributed by atoms with Crippen LogP contribution in [0.25, 0.3) is 10.8 Å². The molecule has 192 valence electrons. The van der Waals surface area contributed by atoms with Gasteiger partial charge in [-0.1, -0.05) is 54.6 Å². The average molecular weight is 507 g/mol. The van der Waals surface area contributed by atoms with E-state index in [1.165, 1.54) is 0 Å². The summed E-state index contributed by atoms with van der Waals surface area (Å²) >= 11 is 0. The number of fused-ring (bicyclic) bond motifs is 4. The second-order valence-electron chi connectivity index (χ2n) is 9.92. The number of hydrogen-bond donors (Lipinski definition) is 2. The molecule has 2 aliphatic heterocycles. The van der Waals surface area contributed by atoms with Gasteiger partial charge in [0.05, 0.1) is 30.6 Å². The zero-order chi connectivity index (χ0) is 26.2.